The molecule has 0 spiro atoms. The first kappa shape index (κ1) is 25.8. The van der Waals surface area contributed by atoms with E-state index in [9.17, 15) is 24.5 Å². The molecule has 1 aliphatic rings. The Morgan fingerprint density at radius 2 is 1.83 bits per heavy atom. The maximum absolute atomic E-state index is 13.1. The molecule has 0 aliphatic carbocycles. The molecule has 182 valence electrons. The summed E-state index contributed by atoms with van der Waals surface area (Å²) in [6.07, 6.45) is 1.38. The van der Waals surface area contributed by atoms with Crippen LogP contribution < -0.4 is 15.0 Å². The van der Waals surface area contributed by atoms with Crippen molar-refractivity contribution in [1.82, 2.24) is 5.32 Å². The van der Waals surface area contributed by atoms with Crippen LogP contribution in [0.2, 0.25) is 5.02 Å². The Labute approximate surface area is 231 Å². The largest absolute Gasteiger partial charge is 0.487 e. The highest BCUT2D eigenvalue weighted by atomic mass is 127. The first-order valence-corrected chi connectivity index (χ1v) is 12.4. The van der Waals surface area contributed by atoms with Crippen LogP contribution in [0.1, 0.15) is 11.1 Å². The van der Waals surface area contributed by atoms with Gasteiger partial charge >= 0.3 is 6.03 Å². The molecule has 4 amide bonds. The maximum atomic E-state index is 13.1. The van der Waals surface area contributed by atoms with Crippen molar-refractivity contribution < 1.29 is 24.0 Å². The Morgan fingerprint density at radius 3 is 2.50 bits per heavy atom. The number of nitro benzene ring substituents is 1. The molecule has 0 bridgehead atoms. The zero-order valence-corrected chi connectivity index (χ0v) is 22.5. The number of anilines is 1. The molecule has 0 saturated carbocycles. The predicted octanol–water partition coefficient (Wildman–Crippen LogP) is 5.86. The van der Waals surface area contributed by atoms with Crippen LogP contribution in [0, 0.1) is 13.7 Å². The molecule has 1 aliphatic heterocycles. The van der Waals surface area contributed by atoms with E-state index in [-0.39, 0.29) is 23.6 Å². The van der Waals surface area contributed by atoms with Crippen molar-refractivity contribution in [2.24, 2.45) is 0 Å². The van der Waals surface area contributed by atoms with Gasteiger partial charge in [-0.25, -0.2) is 9.69 Å². The van der Waals surface area contributed by atoms with Crippen LogP contribution >= 0.6 is 50.1 Å². The van der Waals surface area contributed by atoms with Crippen LogP contribution in [0.5, 0.6) is 5.75 Å². The van der Waals surface area contributed by atoms with E-state index in [2.05, 4.69) is 21.2 Å². The lowest BCUT2D eigenvalue weighted by atomic mass is 10.1. The second kappa shape index (κ2) is 10.8. The smallest absolute Gasteiger partial charge is 0.335 e. The van der Waals surface area contributed by atoms with E-state index >= 15 is 0 Å². The number of nitrogens with one attached hydrogen (secondary N) is 1. The van der Waals surface area contributed by atoms with Crippen molar-refractivity contribution >= 4 is 85.4 Å². The normalized spacial score (nSPS) is 14.7. The first-order valence-electron chi connectivity index (χ1n) is 10.2. The van der Waals surface area contributed by atoms with E-state index in [1.54, 1.807) is 24.3 Å². The average molecular weight is 683 g/mol. The lowest BCUT2D eigenvalue weighted by Crippen LogP contribution is -2.54. The number of ether oxygens (including phenoxy) is 1. The number of halogens is 3. The molecule has 0 unspecified atom stereocenters. The summed E-state index contributed by atoms with van der Waals surface area (Å²) in [5.74, 6) is -1.10. The number of benzene rings is 3. The Kier molecular flexibility index (Phi) is 7.71. The summed E-state index contributed by atoms with van der Waals surface area (Å²) in [6, 6.07) is 14.7. The van der Waals surface area contributed by atoms with Gasteiger partial charge in [0.25, 0.3) is 17.5 Å². The Hall–Kier alpha value is -3.29. The number of amides is 4. The van der Waals surface area contributed by atoms with Crippen LogP contribution in [-0.4, -0.2) is 22.8 Å². The highest BCUT2D eigenvalue weighted by Crippen LogP contribution is 2.34. The van der Waals surface area contributed by atoms with E-state index in [0.717, 1.165) is 4.90 Å². The molecule has 1 saturated heterocycles. The maximum Gasteiger partial charge on any atom is 0.335 e. The molecular formula is C24H14BrClIN3O6. The lowest BCUT2D eigenvalue weighted by molar-refractivity contribution is -0.384. The molecule has 0 aromatic heterocycles. The van der Waals surface area contributed by atoms with Gasteiger partial charge in [0.2, 0.25) is 0 Å². The van der Waals surface area contributed by atoms with E-state index in [1.807, 2.05) is 22.6 Å². The molecule has 12 heteroatoms. The molecule has 3 aromatic rings. The Bertz CT molecular complexity index is 1420. The van der Waals surface area contributed by atoms with Gasteiger partial charge in [0.15, 0.2) is 0 Å². The third-order valence-corrected chi connectivity index (χ3v) is 6.66. The van der Waals surface area contributed by atoms with E-state index in [4.69, 9.17) is 16.3 Å². The molecule has 1 fully saturated rings. The summed E-state index contributed by atoms with van der Waals surface area (Å²) in [4.78, 5) is 49.3. The highest BCUT2D eigenvalue weighted by molar-refractivity contribution is 14.1. The number of hydrogen-bond donors (Lipinski definition) is 1. The number of carbonyl (C=O) groups is 3. The Balaban J connectivity index is 1.59. The fourth-order valence-corrected chi connectivity index (χ4v) is 5.26. The standard InChI is InChI=1S/C24H14BrClIN3O6/c25-19-10-14(11-20(27)21(19)36-12-13-2-1-3-17(8-13)30(34)35)9-18-22(31)28-24(33)29(23(18)32)16-6-4-15(26)5-7-16/h1-11H,12H2,(H,28,31,33)/b18-9+. The summed E-state index contributed by atoms with van der Waals surface area (Å²) in [7, 11) is 0. The van der Waals surface area contributed by atoms with Crippen molar-refractivity contribution in [2.45, 2.75) is 6.61 Å². The third kappa shape index (κ3) is 5.58. The van der Waals surface area contributed by atoms with Gasteiger partial charge in [-0.1, -0.05) is 23.7 Å². The van der Waals surface area contributed by atoms with Gasteiger partial charge in [0.05, 0.1) is 18.7 Å². The van der Waals surface area contributed by atoms with Crippen LogP contribution in [0.25, 0.3) is 6.08 Å². The van der Waals surface area contributed by atoms with Gasteiger partial charge in [-0.2, -0.15) is 0 Å². The molecular weight excluding hydrogens is 669 g/mol. The quantitative estimate of drug-likeness (QED) is 0.114. The fourth-order valence-electron chi connectivity index (χ4n) is 3.36. The number of non-ortho nitro benzene ring substituents is 1. The molecule has 4 rings (SSSR count). The van der Waals surface area contributed by atoms with Crippen LogP contribution in [0.15, 0.2) is 70.7 Å². The zero-order chi connectivity index (χ0) is 26.0. The minimum absolute atomic E-state index is 0.0339. The molecule has 36 heavy (non-hydrogen) atoms. The predicted molar refractivity (Wildman–Crippen MR) is 145 cm³/mol. The molecule has 1 N–H and O–H groups in total. The van der Waals surface area contributed by atoms with Gasteiger partial charge in [-0.05, 0) is 92.1 Å². The van der Waals surface area contributed by atoms with Gasteiger partial charge in [0, 0.05) is 17.2 Å². The summed E-state index contributed by atoms with van der Waals surface area (Å²) >= 11 is 11.4. The summed E-state index contributed by atoms with van der Waals surface area (Å²) in [6.45, 7) is 0.0930. The van der Waals surface area contributed by atoms with Gasteiger partial charge in [-0.3, -0.25) is 25.0 Å². The first-order chi connectivity index (χ1) is 17.1. The highest BCUT2D eigenvalue weighted by Gasteiger charge is 2.36. The Morgan fingerprint density at radius 1 is 1.11 bits per heavy atom. The minimum Gasteiger partial charge on any atom is -0.487 e. The minimum atomic E-state index is -0.856. The van der Waals surface area contributed by atoms with Gasteiger partial charge < -0.3 is 4.74 Å². The van der Waals surface area contributed by atoms with Gasteiger partial charge in [-0.15, -0.1) is 0 Å². The van der Waals surface area contributed by atoms with E-state index < -0.39 is 22.8 Å². The zero-order valence-electron chi connectivity index (χ0n) is 18.0. The lowest BCUT2D eigenvalue weighted by Gasteiger charge is -2.26. The van der Waals surface area contributed by atoms with E-state index in [1.165, 1.54) is 42.5 Å². The molecule has 0 atom stereocenters. The summed E-state index contributed by atoms with van der Waals surface area (Å²) in [5, 5.41) is 13.6. The number of carbonyl (C=O) groups excluding carboxylic acids is 3. The molecule has 3 aromatic carbocycles. The number of rotatable bonds is 6. The number of nitro groups is 1. The monoisotopic (exact) mass is 681 g/mol. The number of imide groups is 2. The van der Waals surface area contributed by atoms with Crippen molar-refractivity contribution in [3.05, 3.63) is 101 Å². The van der Waals surface area contributed by atoms with Crippen molar-refractivity contribution in [2.75, 3.05) is 4.90 Å². The van der Waals surface area contributed by atoms with Crippen molar-refractivity contribution in [3.8, 4) is 5.75 Å². The topological polar surface area (TPSA) is 119 Å². The van der Waals surface area contributed by atoms with Crippen LogP contribution in [0.4, 0.5) is 16.2 Å². The second-order valence-electron chi connectivity index (χ2n) is 7.46. The fraction of sp³-hybridized carbons (Fsp3) is 0.0417. The SMILES string of the molecule is O=C1NC(=O)N(c2ccc(Cl)cc2)C(=O)/C1=C/c1cc(Br)c(OCc2cccc([N+](=O)[O-])c2)c(I)c1. The number of nitrogens with zero attached hydrogens (tertiary/aromatic N) is 2. The van der Waals surface area contributed by atoms with Crippen LogP contribution in [0.3, 0.4) is 0 Å². The molecule has 0 radical (unpaired) electrons. The van der Waals surface area contributed by atoms with Crippen molar-refractivity contribution in [3.63, 3.8) is 0 Å². The number of urea groups is 1. The molecule has 9 nitrogen and oxygen atoms in total. The van der Waals surface area contributed by atoms with Gasteiger partial charge in [0.1, 0.15) is 17.9 Å². The second-order valence-corrected chi connectivity index (χ2v) is 9.92. The third-order valence-electron chi connectivity index (χ3n) is 5.02. The summed E-state index contributed by atoms with van der Waals surface area (Å²) in [5.41, 5.74) is 1.14. The van der Waals surface area contributed by atoms with Crippen LogP contribution in [-0.2, 0) is 16.2 Å². The summed E-state index contributed by atoms with van der Waals surface area (Å²) < 4.78 is 7.07. The van der Waals surface area contributed by atoms with E-state index in [0.29, 0.717) is 29.9 Å². The molecule has 1 heterocycles. The number of hydrogen-bond acceptors (Lipinski definition) is 6. The number of barbiturate groups is 1. The average Bonchev–Trinajstić information content (AvgIpc) is 2.82. The van der Waals surface area contributed by atoms with Crippen molar-refractivity contribution in [1.29, 1.82) is 0 Å².